The van der Waals surface area contributed by atoms with E-state index in [0.29, 0.717) is 18.2 Å². The Balaban J connectivity index is 1.67. The van der Waals surface area contributed by atoms with E-state index in [1.54, 1.807) is 12.1 Å². The van der Waals surface area contributed by atoms with Crippen molar-refractivity contribution >= 4 is 33.2 Å². The van der Waals surface area contributed by atoms with Crippen LogP contribution in [-0.4, -0.2) is 25.1 Å². The van der Waals surface area contributed by atoms with Gasteiger partial charge in [0.25, 0.3) is 5.91 Å². The van der Waals surface area contributed by atoms with Crippen LogP contribution in [0.15, 0.2) is 46.9 Å². The van der Waals surface area contributed by atoms with Crippen LogP contribution in [0.4, 0.5) is 11.4 Å². The molecule has 0 saturated carbocycles. The summed E-state index contributed by atoms with van der Waals surface area (Å²) in [6, 6.07) is 14.1. The molecule has 1 fully saturated rings. The SMILES string of the molecule is CCOc1ccc(C(=O)Nc2ccc(N3CCCC[C@@H]3C)cc2)cc1Br. The fraction of sp³-hybridized carbons (Fsp3) is 0.381. The molecule has 0 radical (unpaired) electrons. The van der Waals surface area contributed by atoms with Crippen LogP contribution in [0.5, 0.6) is 5.75 Å². The highest BCUT2D eigenvalue weighted by Crippen LogP contribution is 2.28. The first kappa shape index (κ1) is 18.8. The number of ether oxygens (including phenoxy) is 1. The lowest BCUT2D eigenvalue weighted by Crippen LogP contribution is -2.37. The van der Waals surface area contributed by atoms with E-state index in [1.807, 2.05) is 25.1 Å². The van der Waals surface area contributed by atoms with Crippen LogP contribution in [-0.2, 0) is 0 Å². The molecule has 1 aliphatic heterocycles. The average molecular weight is 417 g/mol. The molecule has 5 heteroatoms. The number of nitrogens with zero attached hydrogens (tertiary/aromatic N) is 1. The van der Waals surface area contributed by atoms with Gasteiger partial charge in [0.05, 0.1) is 11.1 Å². The van der Waals surface area contributed by atoms with Gasteiger partial charge in [-0.1, -0.05) is 0 Å². The van der Waals surface area contributed by atoms with Crippen molar-refractivity contribution in [2.75, 3.05) is 23.4 Å². The summed E-state index contributed by atoms with van der Waals surface area (Å²) in [6.07, 6.45) is 3.80. The molecular weight excluding hydrogens is 392 g/mol. The van der Waals surface area contributed by atoms with Crippen LogP contribution in [0.25, 0.3) is 0 Å². The van der Waals surface area contributed by atoms with Crippen molar-refractivity contribution in [3.8, 4) is 5.75 Å². The molecule has 2 aromatic rings. The van der Waals surface area contributed by atoms with E-state index in [9.17, 15) is 4.79 Å². The number of piperidine rings is 1. The van der Waals surface area contributed by atoms with Gasteiger partial charge in [-0.15, -0.1) is 0 Å². The Bertz CT molecular complexity index is 761. The first-order valence-electron chi connectivity index (χ1n) is 9.19. The minimum absolute atomic E-state index is 0.132. The number of rotatable bonds is 5. The van der Waals surface area contributed by atoms with Crippen molar-refractivity contribution in [1.29, 1.82) is 0 Å². The summed E-state index contributed by atoms with van der Waals surface area (Å²) in [7, 11) is 0. The van der Waals surface area contributed by atoms with Gasteiger partial charge in [0.2, 0.25) is 0 Å². The van der Waals surface area contributed by atoms with Crippen LogP contribution in [0, 0.1) is 0 Å². The molecule has 0 spiro atoms. The standard InChI is InChI=1S/C21H25BrN2O2/c1-3-26-20-12-7-16(14-19(20)22)21(25)23-17-8-10-18(11-9-17)24-13-5-4-6-15(24)2/h7-12,14-15H,3-6,13H2,1-2H3,(H,23,25)/t15-/m0/s1. The smallest absolute Gasteiger partial charge is 0.255 e. The number of hydrogen-bond donors (Lipinski definition) is 1. The van der Waals surface area contributed by atoms with E-state index < -0.39 is 0 Å². The van der Waals surface area contributed by atoms with Crippen LogP contribution >= 0.6 is 15.9 Å². The molecule has 3 rings (SSSR count). The summed E-state index contributed by atoms with van der Waals surface area (Å²) in [5.41, 5.74) is 2.61. The number of carbonyl (C=O) groups excluding carboxylic acids is 1. The summed E-state index contributed by atoms with van der Waals surface area (Å²) in [5, 5.41) is 2.96. The highest BCUT2D eigenvalue weighted by atomic mass is 79.9. The summed E-state index contributed by atoms with van der Waals surface area (Å²) >= 11 is 3.45. The number of hydrogen-bond acceptors (Lipinski definition) is 3. The number of halogens is 1. The van der Waals surface area contributed by atoms with E-state index >= 15 is 0 Å². The van der Waals surface area contributed by atoms with Gasteiger partial charge in [0.15, 0.2) is 0 Å². The fourth-order valence-corrected chi connectivity index (χ4v) is 3.83. The van der Waals surface area contributed by atoms with Crippen LogP contribution in [0.2, 0.25) is 0 Å². The highest BCUT2D eigenvalue weighted by Gasteiger charge is 2.18. The molecule has 0 unspecified atom stereocenters. The Labute approximate surface area is 163 Å². The lowest BCUT2D eigenvalue weighted by atomic mass is 10.0. The maximum absolute atomic E-state index is 12.5. The minimum Gasteiger partial charge on any atom is -0.493 e. The van der Waals surface area contributed by atoms with E-state index in [1.165, 1.54) is 24.9 Å². The summed E-state index contributed by atoms with van der Waals surface area (Å²) < 4.78 is 6.26. The van der Waals surface area contributed by atoms with Crippen molar-refractivity contribution in [2.24, 2.45) is 0 Å². The quantitative estimate of drug-likeness (QED) is 0.701. The van der Waals surface area contributed by atoms with Crippen molar-refractivity contribution < 1.29 is 9.53 Å². The van der Waals surface area contributed by atoms with Crippen LogP contribution < -0.4 is 15.0 Å². The number of carbonyl (C=O) groups is 1. The third kappa shape index (κ3) is 4.39. The Morgan fingerprint density at radius 2 is 2.00 bits per heavy atom. The van der Waals surface area contributed by atoms with Crippen LogP contribution in [0.1, 0.15) is 43.5 Å². The Morgan fingerprint density at radius 3 is 2.65 bits per heavy atom. The van der Waals surface area contributed by atoms with Gasteiger partial charge in [-0.3, -0.25) is 4.79 Å². The van der Waals surface area contributed by atoms with E-state index in [2.05, 4.69) is 45.2 Å². The largest absolute Gasteiger partial charge is 0.493 e. The maximum atomic E-state index is 12.5. The molecule has 26 heavy (non-hydrogen) atoms. The molecule has 1 aliphatic rings. The molecule has 1 saturated heterocycles. The molecule has 138 valence electrons. The zero-order valence-electron chi connectivity index (χ0n) is 15.3. The topological polar surface area (TPSA) is 41.6 Å². The van der Waals surface area contributed by atoms with Gasteiger partial charge in [-0.05, 0) is 91.5 Å². The zero-order chi connectivity index (χ0) is 18.5. The van der Waals surface area contributed by atoms with E-state index in [0.717, 1.165) is 22.5 Å². The Hall–Kier alpha value is -2.01. The predicted octanol–water partition coefficient (Wildman–Crippen LogP) is 5.48. The van der Waals surface area contributed by atoms with Gasteiger partial charge in [0.1, 0.15) is 5.75 Å². The van der Waals surface area contributed by atoms with Gasteiger partial charge in [0, 0.05) is 29.5 Å². The monoisotopic (exact) mass is 416 g/mol. The van der Waals surface area contributed by atoms with E-state index in [4.69, 9.17) is 4.74 Å². The maximum Gasteiger partial charge on any atom is 0.255 e. The molecule has 0 aliphatic carbocycles. The Morgan fingerprint density at radius 1 is 1.23 bits per heavy atom. The molecule has 1 N–H and O–H groups in total. The molecule has 1 heterocycles. The normalized spacial score (nSPS) is 17.0. The first-order chi connectivity index (χ1) is 12.6. The van der Waals surface area contributed by atoms with Gasteiger partial charge < -0.3 is 15.0 Å². The van der Waals surface area contributed by atoms with Gasteiger partial charge >= 0.3 is 0 Å². The molecule has 0 bridgehead atoms. The summed E-state index contributed by atoms with van der Waals surface area (Å²) in [6.45, 7) is 5.90. The average Bonchev–Trinajstić information content (AvgIpc) is 2.65. The first-order valence-corrected chi connectivity index (χ1v) is 9.98. The molecular formula is C21H25BrN2O2. The number of nitrogens with one attached hydrogen (secondary N) is 1. The molecule has 1 atom stereocenters. The van der Waals surface area contributed by atoms with E-state index in [-0.39, 0.29) is 5.91 Å². The van der Waals surface area contributed by atoms with Crippen molar-refractivity contribution in [1.82, 2.24) is 0 Å². The number of benzene rings is 2. The van der Waals surface area contributed by atoms with Crippen molar-refractivity contribution in [2.45, 2.75) is 39.2 Å². The zero-order valence-corrected chi connectivity index (χ0v) is 16.9. The number of anilines is 2. The predicted molar refractivity (Wildman–Crippen MR) is 110 cm³/mol. The minimum atomic E-state index is -0.132. The highest BCUT2D eigenvalue weighted by molar-refractivity contribution is 9.10. The lowest BCUT2D eigenvalue weighted by Gasteiger charge is -2.35. The second kappa shape index (κ2) is 8.58. The third-order valence-corrected chi connectivity index (χ3v) is 5.37. The molecule has 2 aromatic carbocycles. The van der Waals surface area contributed by atoms with Crippen LogP contribution in [0.3, 0.4) is 0 Å². The second-order valence-electron chi connectivity index (χ2n) is 6.62. The summed E-state index contributed by atoms with van der Waals surface area (Å²) in [4.78, 5) is 14.9. The fourth-order valence-electron chi connectivity index (χ4n) is 3.34. The lowest BCUT2D eigenvalue weighted by molar-refractivity contribution is 0.102. The van der Waals surface area contributed by atoms with Crippen molar-refractivity contribution in [3.63, 3.8) is 0 Å². The number of amides is 1. The molecule has 1 amide bonds. The summed E-state index contributed by atoms with van der Waals surface area (Å²) in [5.74, 6) is 0.608. The van der Waals surface area contributed by atoms with Crippen molar-refractivity contribution in [3.05, 3.63) is 52.5 Å². The molecule has 4 nitrogen and oxygen atoms in total. The third-order valence-electron chi connectivity index (χ3n) is 4.75. The van der Waals surface area contributed by atoms with Gasteiger partial charge in [-0.2, -0.15) is 0 Å². The molecule has 0 aromatic heterocycles. The van der Waals surface area contributed by atoms with Gasteiger partial charge in [-0.25, -0.2) is 0 Å². The second-order valence-corrected chi connectivity index (χ2v) is 7.47. The Kier molecular flexibility index (Phi) is 6.20.